The molecule has 1 aromatic carbocycles. The van der Waals surface area contributed by atoms with Crippen LogP contribution in [-0.4, -0.2) is 19.4 Å². The van der Waals surface area contributed by atoms with Crippen LogP contribution < -0.4 is 4.74 Å². The zero-order chi connectivity index (χ0) is 13.4. The van der Waals surface area contributed by atoms with Gasteiger partial charge in [0.1, 0.15) is 5.75 Å². The molecule has 0 heterocycles. The molecular formula is C14H16O4. The lowest BCUT2D eigenvalue weighted by atomic mass is 10.2. The van der Waals surface area contributed by atoms with Gasteiger partial charge < -0.3 is 14.2 Å². The van der Waals surface area contributed by atoms with Crippen LogP contribution in [0.2, 0.25) is 0 Å². The summed E-state index contributed by atoms with van der Waals surface area (Å²) in [5.41, 5.74) is 0.880. The van der Waals surface area contributed by atoms with Gasteiger partial charge in [-0.25, -0.2) is 4.79 Å². The maximum Gasteiger partial charge on any atom is 0.333 e. The van der Waals surface area contributed by atoms with Crippen molar-refractivity contribution >= 4 is 12.0 Å². The van der Waals surface area contributed by atoms with Gasteiger partial charge in [0, 0.05) is 13.0 Å². The fourth-order valence-electron chi connectivity index (χ4n) is 1.25. The van der Waals surface area contributed by atoms with Crippen molar-refractivity contribution < 1.29 is 19.0 Å². The third-order valence-electron chi connectivity index (χ3n) is 2.10. The van der Waals surface area contributed by atoms with Gasteiger partial charge in [0.15, 0.2) is 0 Å². The first kappa shape index (κ1) is 13.8. The summed E-state index contributed by atoms with van der Waals surface area (Å²) in [6, 6.07) is 7.31. The number of esters is 1. The summed E-state index contributed by atoms with van der Waals surface area (Å²) >= 11 is 0. The molecule has 0 aromatic heterocycles. The highest BCUT2D eigenvalue weighted by Crippen LogP contribution is 2.12. The van der Waals surface area contributed by atoms with Crippen LogP contribution in [-0.2, 0) is 14.3 Å². The molecule has 18 heavy (non-hydrogen) atoms. The Hall–Kier alpha value is -2.23. The van der Waals surface area contributed by atoms with E-state index >= 15 is 0 Å². The van der Waals surface area contributed by atoms with Crippen molar-refractivity contribution in [2.24, 2.45) is 0 Å². The molecule has 1 unspecified atom stereocenters. The number of methoxy groups -OCH3 is 1. The Morgan fingerprint density at radius 3 is 2.56 bits per heavy atom. The van der Waals surface area contributed by atoms with Gasteiger partial charge in [0.05, 0.1) is 13.4 Å². The molecule has 0 spiro atoms. The van der Waals surface area contributed by atoms with Crippen molar-refractivity contribution in [2.45, 2.75) is 13.2 Å². The van der Waals surface area contributed by atoms with E-state index in [1.165, 1.54) is 12.3 Å². The molecular weight excluding hydrogens is 232 g/mol. The summed E-state index contributed by atoms with van der Waals surface area (Å²) in [6.45, 7) is 4.99. The standard InChI is InChI=1S/C14H16O4/c1-4-17-11(2)18-14(15)10-7-12-5-8-13(16-3)9-6-12/h4-11H,1H2,2-3H3/b10-7+. The quantitative estimate of drug-likeness (QED) is 0.336. The van der Waals surface area contributed by atoms with Crippen LogP contribution in [0.1, 0.15) is 12.5 Å². The summed E-state index contributed by atoms with van der Waals surface area (Å²) in [4.78, 5) is 11.4. The number of ether oxygens (including phenoxy) is 3. The summed E-state index contributed by atoms with van der Waals surface area (Å²) in [5.74, 6) is 0.294. The molecule has 0 radical (unpaired) electrons. The third-order valence-corrected chi connectivity index (χ3v) is 2.10. The third kappa shape index (κ3) is 4.74. The van der Waals surface area contributed by atoms with Crippen LogP contribution >= 0.6 is 0 Å². The molecule has 4 heteroatoms. The first-order valence-corrected chi connectivity index (χ1v) is 5.45. The minimum absolute atomic E-state index is 0.472. The van der Waals surface area contributed by atoms with Gasteiger partial charge in [-0.1, -0.05) is 18.7 Å². The van der Waals surface area contributed by atoms with E-state index in [4.69, 9.17) is 14.2 Å². The van der Waals surface area contributed by atoms with Gasteiger partial charge in [-0.3, -0.25) is 0 Å². The molecule has 4 nitrogen and oxygen atoms in total. The highest BCUT2D eigenvalue weighted by molar-refractivity contribution is 5.87. The van der Waals surface area contributed by atoms with Gasteiger partial charge in [-0.15, -0.1) is 0 Å². The predicted octanol–water partition coefficient (Wildman–Crippen LogP) is 2.76. The fourth-order valence-corrected chi connectivity index (χ4v) is 1.25. The smallest absolute Gasteiger partial charge is 0.333 e. The maximum atomic E-state index is 11.4. The van der Waals surface area contributed by atoms with E-state index in [0.29, 0.717) is 0 Å². The Kier molecular flexibility index (Phi) is 5.51. The van der Waals surface area contributed by atoms with Gasteiger partial charge in [0.25, 0.3) is 0 Å². The zero-order valence-corrected chi connectivity index (χ0v) is 10.5. The largest absolute Gasteiger partial charge is 0.497 e. The molecule has 0 saturated carbocycles. The van der Waals surface area contributed by atoms with Crippen LogP contribution in [0.15, 0.2) is 43.2 Å². The molecule has 0 aliphatic heterocycles. The van der Waals surface area contributed by atoms with E-state index in [0.717, 1.165) is 11.3 Å². The molecule has 96 valence electrons. The SMILES string of the molecule is C=COC(C)OC(=O)/C=C/c1ccc(OC)cc1. The number of hydrogen-bond acceptors (Lipinski definition) is 4. The normalized spacial score (nSPS) is 11.9. The number of carbonyl (C=O) groups is 1. The second-order valence-corrected chi connectivity index (χ2v) is 3.41. The minimum atomic E-state index is -0.643. The molecule has 0 N–H and O–H groups in total. The Morgan fingerprint density at radius 1 is 1.33 bits per heavy atom. The summed E-state index contributed by atoms with van der Waals surface area (Å²) in [6.07, 6.45) is 3.58. The van der Waals surface area contributed by atoms with Gasteiger partial charge in [-0.05, 0) is 23.8 Å². The van der Waals surface area contributed by atoms with E-state index < -0.39 is 12.3 Å². The Balaban J connectivity index is 2.52. The van der Waals surface area contributed by atoms with Crippen molar-refractivity contribution in [1.82, 2.24) is 0 Å². The lowest BCUT2D eigenvalue weighted by Crippen LogP contribution is -2.13. The highest BCUT2D eigenvalue weighted by atomic mass is 16.7. The monoisotopic (exact) mass is 248 g/mol. The number of hydrogen-bond donors (Lipinski definition) is 0. The average Bonchev–Trinajstić information content (AvgIpc) is 2.37. The molecule has 0 amide bonds. The fraction of sp³-hybridized carbons (Fsp3) is 0.214. The van der Waals surface area contributed by atoms with E-state index in [9.17, 15) is 4.79 Å². The summed E-state index contributed by atoms with van der Waals surface area (Å²) in [7, 11) is 1.60. The van der Waals surface area contributed by atoms with Gasteiger partial charge in [0.2, 0.25) is 6.29 Å². The van der Waals surface area contributed by atoms with E-state index in [2.05, 4.69) is 6.58 Å². The lowest BCUT2D eigenvalue weighted by molar-refractivity contribution is -0.159. The number of benzene rings is 1. The van der Waals surface area contributed by atoms with Crippen molar-refractivity contribution in [3.8, 4) is 5.75 Å². The molecule has 1 atom stereocenters. The molecule has 1 aromatic rings. The number of carbonyl (C=O) groups excluding carboxylic acids is 1. The second-order valence-electron chi connectivity index (χ2n) is 3.41. The Labute approximate surface area is 106 Å². The molecule has 0 bridgehead atoms. The molecule has 1 rings (SSSR count). The molecule has 0 aliphatic carbocycles. The first-order valence-electron chi connectivity index (χ1n) is 5.45. The van der Waals surface area contributed by atoms with E-state index in [-0.39, 0.29) is 0 Å². The maximum absolute atomic E-state index is 11.4. The highest BCUT2D eigenvalue weighted by Gasteiger charge is 2.04. The molecule has 0 saturated heterocycles. The van der Waals surface area contributed by atoms with Crippen LogP contribution in [0, 0.1) is 0 Å². The van der Waals surface area contributed by atoms with Crippen molar-refractivity contribution in [1.29, 1.82) is 0 Å². The van der Waals surface area contributed by atoms with E-state index in [1.54, 1.807) is 20.1 Å². The van der Waals surface area contributed by atoms with Gasteiger partial charge in [-0.2, -0.15) is 0 Å². The van der Waals surface area contributed by atoms with Crippen LogP contribution in [0.25, 0.3) is 6.08 Å². The first-order chi connectivity index (χ1) is 8.65. The van der Waals surface area contributed by atoms with Crippen LogP contribution in [0.4, 0.5) is 0 Å². The summed E-state index contributed by atoms with van der Waals surface area (Å²) < 4.78 is 14.8. The van der Waals surface area contributed by atoms with Crippen molar-refractivity contribution in [2.75, 3.05) is 7.11 Å². The summed E-state index contributed by atoms with van der Waals surface area (Å²) in [5, 5.41) is 0. The van der Waals surface area contributed by atoms with Crippen molar-refractivity contribution in [3.63, 3.8) is 0 Å². The molecule has 0 fully saturated rings. The van der Waals surface area contributed by atoms with Gasteiger partial charge >= 0.3 is 5.97 Å². The zero-order valence-electron chi connectivity index (χ0n) is 10.5. The van der Waals surface area contributed by atoms with E-state index in [1.807, 2.05) is 24.3 Å². The topological polar surface area (TPSA) is 44.8 Å². The van der Waals surface area contributed by atoms with Crippen LogP contribution in [0.5, 0.6) is 5.75 Å². The van der Waals surface area contributed by atoms with Crippen molar-refractivity contribution in [3.05, 3.63) is 48.7 Å². The second kappa shape index (κ2) is 7.17. The Morgan fingerprint density at radius 2 is 2.00 bits per heavy atom. The van der Waals surface area contributed by atoms with Crippen LogP contribution in [0.3, 0.4) is 0 Å². The lowest BCUT2D eigenvalue weighted by Gasteiger charge is -2.10. The minimum Gasteiger partial charge on any atom is -0.497 e. The predicted molar refractivity (Wildman–Crippen MR) is 68.9 cm³/mol. The Bertz CT molecular complexity index is 420. The number of rotatable bonds is 6. The molecule has 0 aliphatic rings. The average molecular weight is 248 g/mol.